The maximum Gasteiger partial charge on any atom is 0.326 e. The fourth-order valence-corrected chi connectivity index (χ4v) is 2.52. The maximum atomic E-state index is 12.5. The average Bonchev–Trinajstić information content (AvgIpc) is 2.52. The number of carbonyl (C=O) groups excluding carboxylic acids is 3. The number of carboxylic acid groups (broad SMARTS) is 1. The van der Waals surface area contributed by atoms with Crippen molar-refractivity contribution in [3.63, 3.8) is 0 Å². The van der Waals surface area contributed by atoms with Gasteiger partial charge < -0.3 is 15.7 Å². The molecule has 0 heterocycles. The van der Waals surface area contributed by atoms with Crippen LogP contribution < -0.4 is 10.6 Å². The van der Waals surface area contributed by atoms with E-state index in [0.717, 1.165) is 0 Å². The summed E-state index contributed by atoms with van der Waals surface area (Å²) in [4.78, 5) is 50.3. The van der Waals surface area contributed by atoms with E-state index < -0.39 is 35.9 Å². The number of nitrogens with one attached hydrogen (secondary N) is 2. The third-order valence-corrected chi connectivity index (χ3v) is 3.74. The molecule has 0 rings (SSSR count). The van der Waals surface area contributed by atoms with Gasteiger partial charge in [0.05, 0.1) is 0 Å². The van der Waals surface area contributed by atoms with Gasteiger partial charge in [-0.15, -0.1) is 0 Å². The van der Waals surface area contributed by atoms with Crippen molar-refractivity contribution in [1.82, 2.24) is 10.6 Å². The van der Waals surface area contributed by atoms with Crippen LogP contribution in [0.3, 0.4) is 0 Å². The van der Waals surface area contributed by atoms with Crippen LogP contribution in [0.1, 0.15) is 60.3 Å². The van der Waals surface area contributed by atoms with E-state index >= 15 is 0 Å². The van der Waals surface area contributed by atoms with E-state index in [4.69, 9.17) is 0 Å². The highest BCUT2D eigenvalue weighted by Crippen LogP contribution is 2.11. The van der Waals surface area contributed by atoms with E-state index in [1.165, 1.54) is 6.08 Å². The summed E-state index contributed by atoms with van der Waals surface area (Å²) in [6.45, 7) is 9.39. The van der Waals surface area contributed by atoms with E-state index in [0.29, 0.717) is 25.7 Å². The number of rotatable bonds is 12. The zero-order valence-electron chi connectivity index (χ0n) is 16.2. The molecule has 8 nitrogen and oxygen atoms in total. The lowest BCUT2D eigenvalue weighted by molar-refractivity contribution is -0.142. The highest BCUT2D eigenvalue weighted by atomic mass is 16.4. The predicted octanol–water partition coefficient (Wildman–Crippen LogP) is 1.64. The minimum Gasteiger partial charge on any atom is -0.480 e. The highest BCUT2D eigenvalue weighted by Gasteiger charge is 2.29. The quantitative estimate of drug-likeness (QED) is 0.356. The Bertz CT molecular complexity index is 527. The largest absolute Gasteiger partial charge is 0.480 e. The van der Waals surface area contributed by atoms with Crippen LogP contribution in [0.2, 0.25) is 0 Å². The molecule has 148 valence electrons. The second-order valence-corrected chi connectivity index (χ2v) is 7.24. The molecule has 0 aliphatic heterocycles. The Kier molecular flexibility index (Phi) is 11.2. The number of carbonyl (C=O) groups is 3. The number of carboxylic acids is 1. The Morgan fingerprint density at radius 1 is 0.962 bits per heavy atom. The van der Waals surface area contributed by atoms with Gasteiger partial charge in [0.15, 0.2) is 0 Å². The zero-order chi connectivity index (χ0) is 20.3. The first kappa shape index (κ1) is 23.8. The molecule has 0 bridgehead atoms. The molecule has 0 aromatic carbocycles. The summed E-state index contributed by atoms with van der Waals surface area (Å²) >= 11 is 0. The molecule has 3 atom stereocenters. The van der Waals surface area contributed by atoms with E-state index in [-0.39, 0.29) is 11.8 Å². The molecule has 3 N–H and O–H groups in total. The molecule has 0 saturated heterocycles. The van der Waals surface area contributed by atoms with Gasteiger partial charge in [-0.25, -0.2) is 9.59 Å². The molecule has 0 radical (unpaired) electrons. The van der Waals surface area contributed by atoms with Crippen LogP contribution in [0.4, 0.5) is 0 Å². The van der Waals surface area contributed by atoms with E-state index in [9.17, 15) is 24.3 Å². The third-order valence-electron chi connectivity index (χ3n) is 3.74. The van der Waals surface area contributed by atoms with Crippen LogP contribution in [0.5, 0.6) is 0 Å². The van der Waals surface area contributed by atoms with E-state index in [2.05, 4.69) is 15.6 Å². The lowest BCUT2D eigenvalue weighted by Crippen LogP contribution is -2.53. The van der Waals surface area contributed by atoms with Gasteiger partial charge in [-0.1, -0.05) is 41.0 Å². The Morgan fingerprint density at radius 3 is 1.92 bits per heavy atom. The summed E-state index contributed by atoms with van der Waals surface area (Å²) in [5.41, 5.74) is 0. The molecule has 0 spiro atoms. The standard InChI is InChI=1S/C18H31N3O5/c1-6-7-13(18(25)26)20-17(24)15(9-12(4)5)21-16(23)14(19-10-22)8-11(2)3/h11-15H,6-9H2,1-5H3,(H,20,24)(H,21,23)(H,25,26). The Hall–Kier alpha value is -2.21. The lowest BCUT2D eigenvalue weighted by Gasteiger charge is -2.24. The van der Waals surface area contributed by atoms with Crippen LogP contribution in [-0.4, -0.2) is 47.1 Å². The van der Waals surface area contributed by atoms with Gasteiger partial charge in [-0.2, -0.15) is 4.99 Å². The topological polar surface area (TPSA) is 125 Å². The van der Waals surface area contributed by atoms with Crippen molar-refractivity contribution in [2.24, 2.45) is 16.8 Å². The van der Waals surface area contributed by atoms with Crippen molar-refractivity contribution >= 4 is 23.9 Å². The number of nitrogens with zero attached hydrogens (tertiary/aromatic N) is 1. The van der Waals surface area contributed by atoms with Crippen molar-refractivity contribution in [3.05, 3.63) is 0 Å². The number of aliphatic carboxylic acids is 1. The molecule has 0 aromatic rings. The summed E-state index contributed by atoms with van der Waals surface area (Å²) in [6, 6.07) is -2.81. The molecule has 8 heteroatoms. The van der Waals surface area contributed by atoms with Crippen LogP contribution in [0.25, 0.3) is 0 Å². The van der Waals surface area contributed by atoms with E-state index in [1.807, 2.05) is 34.6 Å². The van der Waals surface area contributed by atoms with Crippen LogP contribution in [-0.2, 0) is 19.2 Å². The van der Waals surface area contributed by atoms with Gasteiger partial charge in [0.2, 0.25) is 17.9 Å². The van der Waals surface area contributed by atoms with Gasteiger partial charge in [-0.05, 0) is 31.1 Å². The molecule has 0 fully saturated rings. The van der Waals surface area contributed by atoms with Gasteiger partial charge in [0.25, 0.3) is 0 Å². The summed E-state index contributed by atoms with van der Waals surface area (Å²) in [7, 11) is 0. The minimum atomic E-state index is -1.11. The smallest absolute Gasteiger partial charge is 0.326 e. The van der Waals surface area contributed by atoms with Gasteiger partial charge in [0, 0.05) is 0 Å². The summed E-state index contributed by atoms with van der Waals surface area (Å²) in [5.74, 6) is -1.98. The summed E-state index contributed by atoms with van der Waals surface area (Å²) in [5, 5.41) is 14.3. The maximum absolute atomic E-state index is 12.5. The number of hydrogen-bond donors (Lipinski definition) is 3. The number of hydrogen-bond acceptors (Lipinski definition) is 5. The molecule has 0 aliphatic carbocycles. The van der Waals surface area contributed by atoms with Crippen LogP contribution in [0, 0.1) is 11.8 Å². The number of isocyanates is 1. The van der Waals surface area contributed by atoms with Crippen LogP contribution in [0.15, 0.2) is 4.99 Å². The monoisotopic (exact) mass is 369 g/mol. The van der Waals surface area contributed by atoms with Crippen molar-refractivity contribution < 1.29 is 24.3 Å². The van der Waals surface area contributed by atoms with E-state index in [1.54, 1.807) is 0 Å². The molecule has 0 aromatic heterocycles. The first-order chi connectivity index (χ1) is 12.1. The molecule has 0 aliphatic rings. The fourth-order valence-electron chi connectivity index (χ4n) is 2.52. The van der Waals surface area contributed by atoms with Crippen molar-refractivity contribution in [2.75, 3.05) is 0 Å². The average molecular weight is 369 g/mol. The SMILES string of the molecule is CCCC(NC(=O)C(CC(C)C)NC(=O)C(CC(C)C)N=C=O)C(=O)O. The molecule has 0 saturated carbocycles. The minimum absolute atomic E-state index is 0.0959. The molecule has 26 heavy (non-hydrogen) atoms. The molecular weight excluding hydrogens is 338 g/mol. The van der Waals surface area contributed by atoms with Crippen molar-refractivity contribution in [3.8, 4) is 0 Å². The van der Waals surface area contributed by atoms with Crippen molar-refractivity contribution in [2.45, 2.75) is 78.4 Å². The Balaban J connectivity index is 5.22. The van der Waals surface area contributed by atoms with Gasteiger partial charge in [-0.3, -0.25) is 9.59 Å². The molecule has 2 amide bonds. The summed E-state index contributed by atoms with van der Waals surface area (Å²) < 4.78 is 0. The summed E-state index contributed by atoms with van der Waals surface area (Å²) in [6.07, 6.45) is 2.99. The van der Waals surface area contributed by atoms with Crippen molar-refractivity contribution in [1.29, 1.82) is 0 Å². The zero-order valence-corrected chi connectivity index (χ0v) is 16.2. The fraction of sp³-hybridized carbons (Fsp3) is 0.778. The normalized spacial score (nSPS) is 14.3. The highest BCUT2D eigenvalue weighted by molar-refractivity contribution is 5.92. The lowest BCUT2D eigenvalue weighted by atomic mass is 10.00. The van der Waals surface area contributed by atoms with Gasteiger partial charge >= 0.3 is 5.97 Å². The predicted molar refractivity (Wildman–Crippen MR) is 97.2 cm³/mol. The second kappa shape index (κ2) is 12.2. The Morgan fingerprint density at radius 2 is 1.50 bits per heavy atom. The Labute approximate surface area is 154 Å². The first-order valence-corrected chi connectivity index (χ1v) is 9.02. The number of aliphatic imine (C=N–C) groups is 1. The third kappa shape index (κ3) is 9.32. The van der Waals surface area contributed by atoms with Gasteiger partial charge in [0.1, 0.15) is 18.1 Å². The second-order valence-electron chi connectivity index (χ2n) is 7.24. The van der Waals surface area contributed by atoms with Crippen LogP contribution >= 0.6 is 0 Å². The number of amides is 2. The first-order valence-electron chi connectivity index (χ1n) is 9.02. The molecular formula is C18H31N3O5. The molecule has 3 unspecified atom stereocenters.